The van der Waals surface area contributed by atoms with Gasteiger partial charge < -0.3 is 0 Å². The summed E-state index contributed by atoms with van der Waals surface area (Å²) in [6.07, 6.45) is 4.27. The van der Waals surface area contributed by atoms with Gasteiger partial charge in [-0.05, 0) is 12.5 Å². The number of aryl methyl sites for hydroxylation is 1. The normalized spacial score (nSPS) is 10.8. The van der Waals surface area contributed by atoms with Gasteiger partial charge in [0, 0.05) is 24.5 Å². The van der Waals surface area contributed by atoms with Crippen LogP contribution in [0.15, 0.2) is 35.4 Å². The first-order valence-electron chi connectivity index (χ1n) is 5.82. The predicted octanol–water partition coefficient (Wildman–Crippen LogP) is 2.90. The first-order valence-corrected chi connectivity index (χ1v) is 6.19. The Kier molecular flexibility index (Phi) is 3.87. The number of benzene rings is 1. The maximum atomic E-state index is 13.7. The molecule has 2 rings (SSSR count). The number of imidazole rings is 1. The minimum Gasteiger partial charge on any atom is -0.299 e. The Morgan fingerprint density at radius 3 is 2.72 bits per heavy atom. The molecule has 0 N–H and O–H groups in total. The third-order valence-electron chi connectivity index (χ3n) is 2.75. The molecular weight excluding hydrogens is 255 g/mol. The molecule has 0 fully saturated rings. The highest BCUT2D eigenvalue weighted by molar-refractivity contribution is 6.30. The second kappa shape index (κ2) is 5.40. The van der Waals surface area contributed by atoms with Gasteiger partial charge in [-0.3, -0.25) is 9.13 Å². The van der Waals surface area contributed by atoms with E-state index in [1.165, 1.54) is 10.6 Å². The molecule has 0 radical (unpaired) electrons. The topological polar surface area (TPSA) is 26.9 Å². The maximum absolute atomic E-state index is 13.7. The molecule has 0 spiro atoms. The van der Waals surface area contributed by atoms with Crippen LogP contribution in [0, 0.1) is 5.82 Å². The molecule has 5 heteroatoms. The van der Waals surface area contributed by atoms with E-state index in [4.69, 9.17) is 11.6 Å². The lowest BCUT2D eigenvalue weighted by molar-refractivity contribution is 0.585. The summed E-state index contributed by atoms with van der Waals surface area (Å²) in [5.41, 5.74) is 0.287. The monoisotopic (exact) mass is 268 g/mol. The SMILES string of the molecule is CCCn1ccn(Cc2cccc(Cl)c2F)c1=O. The van der Waals surface area contributed by atoms with Gasteiger partial charge in [-0.25, -0.2) is 9.18 Å². The van der Waals surface area contributed by atoms with Crippen LogP contribution in [0.25, 0.3) is 0 Å². The molecule has 1 heterocycles. The minimum absolute atomic E-state index is 0.0774. The highest BCUT2D eigenvalue weighted by Gasteiger charge is 2.09. The molecule has 96 valence electrons. The summed E-state index contributed by atoms with van der Waals surface area (Å²) in [7, 11) is 0. The van der Waals surface area contributed by atoms with Crippen molar-refractivity contribution in [2.24, 2.45) is 0 Å². The van der Waals surface area contributed by atoms with Gasteiger partial charge in [-0.1, -0.05) is 30.7 Å². The van der Waals surface area contributed by atoms with Crippen LogP contribution >= 0.6 is 11.6 Å². The Labute approximate surface area is 109 Å². The smallest absolute Gasteiger partial charge is 0.299 e. The Morgan fingerprint density at radius 2 is 2.00 bits per heavy atom. The van der Waals surface area contributed by atoms with E-state index in [-0.39, 0.29) is 17.3 Å². The van der Waals surface area contributed by atoms with Crippen LogP contribution in [-0.2, 0) is 13.1 Å². The van der Waals surface area contributed by atoms with Gasteiger partial charge in [-0.15, -0.1) is 0 Å². The minimum atomic E-state index is -0.464. The van der Waals surface area contributed by atoms with E-state index in [0.29, 0.717) is 12.1 Å². The summed E-state index contributed by atoms with van der Waals surface area (Å²) in [6.45, 7) is 2.87. The number of hydrogen-bond donors (Lipinski definition) is 0. The van der Waals surface area contributed by atoms with Gasteiger partial charge in [-0.2, -0.15) is 0 Å². The molecule has 0 atom stereocenters. The molecule has 0 bridgehead atoms. The Bertz CT molecular complexity index is 603. The molecule has 0 amide bonds. The summed E-state index contributed by atoms with van der Waals surface area (Å²) in [5, 5.41) is 0.0774. The lowest BCUT2D eigenvalue weighted by Gasteiger charge is -2.05. The van der Waals surface area contributed by atoms with Gasteiger partial charge >= 0.3 is 5.69 Å². The summed E-state index contributed by atoms with van der Waals surface area (Å²) >= 11 is 5.71. The van der Waals surface area contributed by atoms with E-state index in [9.17, 15) is 9.18 Å². The Hall–Kier alpha value is -1.55. The lowest BCUT2D eigenvalue weighted by Crippen LogP contribution is -2.24. The standard InChI is InChI=1S/C13H14ClFN2O/c1-2-6-16-7-8-17(13(16)18)9-10-4-3-5-11(14)12(10)15/h3-5,7-8H,2,6,9H2,1H3. The van der Waals surface area contributed by atoms with Crippen LogP contribution in [0.1, 0.15) is 18.9 Å². The summed E-state index contributed by atoms with van der Waals surface area (Å²) in [6, 6.07) is 4.80. The van der Waals surface area contributed by atoms with Crippen molar-refractivity contribution in [2.45, 2.75) is 26.4 Å². The van der Waals surface area contributed by atoms with Crippen LogP contribution in [-0.4, -0.2) is 9.13 Å². The first kappa shape index (κ1) is 12.9. The quantitative estimate of drug-likeness (QED) is 0.838. The highest BCUT2D eigenvalue weighted by Crippen LogP contribution is 2.18. The number of rotatable bonds is 4. The van der Waals surface area contributed by atoms with E-state index in [2.05, 4.69) is 0 Å². The maximum Gasteiger partial charge on any atom is 0.328 e. The number of aromatic nitrogens is 2. The molecule has 0 aliphatic rings. The second-order valence-electron chi connectivity index (χ2n) is 4.11. The average Bonchev–Trinajstić information content (AvgIpc) is 2.68. The van der Waals surface area contributed by atoms with Crippen molar-refractivity contribution in [3.8, 4) is 0 Å². The number of halogens is 2. The van der Waals surface area contributed by atoms with Crippen LogP contribution in [0.5, 0.6) is 0 Å². The molecule has 0 saturated carbocycles. The third-order valence-corrected chi connectivity index (χ3v) is 3.05. The van der Waals surface area contributed by atoms with Crippen LogP contribution < -0.4 is 5.69 Å². The zero-order valence-corrected chi connectivity index (χ0v) is 10.8. The van der Waals surface area contributed by atoms with Crippen molar-refractivity contribution >= 4 is 11.6 Å². The first-order chi connectivity index (χ1) is 8.63. The van der Waals surface area contributed by atoms with Crippen LogP contribution in [0.3, 0.4) is 0 Å². The number of nitrogens with zero attached hydrogens (tertiary/aromatic N) is 2. The lowest BCUT2D eigenvalue weighted by atomic mass is 10.2. The van der Waals surface area contributed by atoms with Crippen LogP contribution in [0.4, 0.5) is 4.39 Å². The molecule has 1 aromatic carbocycles. The van der Waals surface area contributed by atoms with E-state index in [0.717, 1.165) is 6.42 Å². The largest absolute Gasteiger partial charge is 0.328 e. The average molecular weight is 269 g/mol. The molecule has 0 saturated heterocycles. The highest BCUT2D eigenvalue weighted by atomic mass is 35.5. The van der Waals surface area contributed by atoms with E-state index in [1.807, 2.05) is 6.92 Å². The fourth-order valence-corrected chi connectivity index (χ4v) is 2.03. The van der Waals surface area contributed by atoms with Crippen LogP contribution in [0.2, 0.25) is 5.02 Å². The summed E-state index contributed by atoms with van der Waals surface area (Å²) in [4.78, 5) is 11.9. The molecule has 0 aliphatic heterocycles. The van der Waals surface area contributed by atoms with Crippen molar-refractivity contribution in [3.63, 3.8) is 0 Å². The molecular formula is C13H14ClFN2O. The van der Waals surface area contributed by atoms with E-state index >= 15 is 0 Å². The van der Waals surface area contributed by atoms with E-state index in [1.54, 1.807) is 29.1 Å². The van der Waals surface area contributed by atoms with Crippen molar-refractivity contribution in [1.29, 1.82) is 0 Å². The van der Waals surface area contributed by atoms with Gasteiger partial charge in [0.15, 0.2) is 0 Å². The molecule has 1 aromatic heterocycles. The molecule has 2 aromatic rings. The van der Waals surface area contributed by atoms with Crippen molar-refractivity contribution in [1.82, 2.24) is 9.13 Å². The Morgan fingerprint density at radius 1 is 1.28 bits per heavy atom. The number of hydrogen-bond acceptors (Lipinski definition) is 1. The third kappa shape index (κ3) is 2.48. The van der Waals surface area contributed by atoms with Gasteiger partial charge in [0.2, 0.25) is 0 Å². The molecule has 0 aliphatic carbocycles. The molecule has 3 nitrogen and oxygen atoms in total. The Balaban J connectivity index is 2.29. The predicted molar refractivity (Wildman–Crippen MR) is 69.5 cm³/mol. The fraction of sp³-hybridized carbons (Fsp3) is 0.308. The van der Waals surface area contributed by atoms with Gasteiger partial charge in [0.25, 0.3) is 0 Å². The fourth-order valence-electron chi connectivity index (χ4n) is 1.84. The molecule has 18 heavy (non-hydrogen) atoms. The second-order valence-corrected chi connectivity index (χ2v) is 4.52. The van der Waals surface area contributed by atoms with Gasteiger partial charge in [0.05, 0.1) is 11.6 Å². The van der Waals surface area contributed by atoms with E-state index < -0.39 is 5.82 Å². The van der Waals surface area contributed by atoms with Crippen molar-refractivity contribution < 1.29 is 4.39 Å². The van der Waals surface area contributed by atoms with Crippen molar-refractivity contribution in [2.75, 3.05) is 0 Å². The zero-order valence-electron chi connectivity index (χ0n) is 10.1. The summed E-state index contributed by atoms with van der Waals surface area (Å²) < 4.78 is 16.8. The van der Waals surface area contributed by atoms with Gasteiger partial charge in [0.1, 0.15) is 5.82 Å². The zero-order chi connectivity index (χ0) is 13.1. The molecule has 0 unspecified atom stereocenters. The summed E-state index contributed by atoms with van der Waals surface area (Å²) in [5.74, 6) is -0.464. The van der Waals surface area contributed by atoms with Crippen molar-refractivity contribution in [3.05, 3.63) is 57.5 Å².